The average Bonchev–Trinajstić information content (AvgIpc) is 3.47. The normalized spacial score (nSPS) is 20.1. The summed E-state index contributed by atoms with van der Waals surface area (Å²) >= 11 is 0. The summed E-state index contributed by atoms with van der Waals surface area (Å²) in [7, 11) is 0. The number of carbonyl (C=O) groups excluding carboxylic acids is 3. The van der Waals surface area contributed by atoms with Gasteiger partial charge in [0.1, 0.15) is 25.5 Å². The Morgan fingerprint density at radius 1 is 1.28 bits per heavy atom. The Morgan fingerprint density at radius 2 is 2.06 bits per heavy atom. The molecule has 4 rings (SSSR count). The summed E-state index contributed by atoms with van der Waals surface area (Å²) in [5.74, 6) is -1.48. The van der Waals surface area contributed by atoms with E-state index in [0.29, 0.717) is 31.7 Å². The highest BCUT2D eigenvalue weighted by atomic mass is 19.1. The second-order valence-electron chi connectivity index (χ2n) is 7.69. The maximum absolute atomic E-state index is 15.2. The number of ether oxygens (including phenoxy) is 1. The Morgan fingerprint density at radius 3 is 2.72 bits per heavy atom. The highest BCUT2D eigenvalue weighted by Crippen LogP contribution is 2.32. The number of hydrogen-bond donors (Lipinski definition) is 3. The van der Waals surface area contributed by atoms with Crippen molar-refractivity contribution in [2.24, 2.45) is 0 Å². The molecule has 0 bridgehead atoms. The highest BCUT2D eigenvalue weighted by molar-refractivity contribution is 5.94. The van der Waals surface area contributed by atoms with Crippen LogP contribution in [-0.4, -0.2) is 75.0 Å². The van der Waals surface area contributed by atoms with Gasteiger partial charge in [0.2, 0.25) is 0 Å². The molecule has 3 heterocycles. The van der Waals surface area contributed by atoms with Crippen LogP contribution in [0.4, 0.5) is 20.6 Å². The van der Waals surface area contributed by atoms with E-state index in [1.54, 1.807) is 6.07 Å². The first-order chi connectivity index (χ1) is 15.4. The quantitative estimate of drug-likeness (QED) is 0.555. The van der Waals surface area contributed by atoms with Gasteiger partial charge in [-0.2, -0.15) is 0 Å². The van der Waals surface area contributed by atoms with E-state index in [9.17, 15) is 19.5 Å². The van der Waals surface area contributed by atoms with Crippen LogP contribution in [0.2, 0.25) is 0 Å². The molecule has 2 saturated heterocycles. The molecule has 1 atom stereocenters. The molecule has 3 amide bonds. The molecule has 0 saturated carbocycles. The van der Waals surface area contributed by atoms with E-state index in [2.05, 4.69) is 10.6 Å². The van der Waals surface area contributed by atoms with Crippen molar-refractivity contribution in [3.8, 4) is 0 Å². The second-order valence-corrected chi connectivity index (χ2v) is 7.69. The lowest BCUT2D eigenvalue weighted by Gasteiger charge is -2.38. The van der Waals surface area contributed by atoms with Gasteiger partial charge in [0, 0.05) is 25.2 Å². The number of quaternary nitrogens is 1. The molecule has 1 aromatic heterocycles. The molecule has 11 heteroatoms. The van der Waals surface area contributed by atoms with Crippen LogP contribution in [0.1, 0.15) is 10.4 Å². The highest BCUT2D eigenvalue weighted by Gasteiger charge is 2.42. The summed E-state index contributed by atoms with van der Waals surface area (Å²) in [6, 6.07) is 5.74. The molecule has 32 heavy (non-hydrogen) atoms. The number of carbonyl (C=O) groups is 3. The number of rotatable bonds is 6. The first kappa shape index (κ1) is 21.9. The van der Waals surface area contributed by atoms with Crippen molar-refractivity contribution < 1.29 is 33.0 Å². The van der Waals surface area contributed by atoms with E-state index in [0.717, 1.165) is 0 Å². The summed E-state index contributed by atoms with van der Waals surface area (Å²) in [5, 5.41) is 15.2. The van der Waals surface area contributed by atoms with Gasteiger partial charge in [-0.1, -0.05) is 0 Å². The Balaban J connectivity index is 1.47. The molecule has 0 aliphatic carbocycles. The summed E-state index contributed by atoms with van der Waals surface area (Å²) in [5.41, 5.74) is 0.793. The van der Waals surface area contributed by atoms with Crippen molar-refractivity contribution in [1.82, 2.24) is 15.1 Å². The molecule has 2 fully saturated rings. The van der Waals surface area contributed by atoms with Gasteiger partial charge in [0.05, 0.1) is 30.6 Å². The topological polar surface area (TPSA) is 121 Å². The maximum atomic E-state index is 15.2. The molecule has 0 radical (unpaired) electrons. The van der Waals surface area contributed by atoms with Gasteiger partial charge in [0.25, 0.3) is 5.91 Å². The third kappa shape index (κ3) is 4.09. The Hall–Kier alpha value is -3.28. The Kier molecular flexibility index (Phi) is 6.21. The summed E-state index contributed by atoms with van der Waals surface area (Å²) < 4.78 is 25.0. The van der Waals surface area contributed by atoms with Crippen LogP contribution in [-0.2, 0) is 9.53 Å². The van der Waals surface area contributed by atoms with Crippen molar-refractivity contribution in [3.05, 3.63) is 48.2 Å². The zero-order chi connectivity index (χ0) is 22.7. The van der Waals surface area contributed by atoms with Crippen LogP contribution in [0, 0.1) is 5.82 Å². The molecule has 170 valence electrons. The van der Waals surface area contributed by atoms with E-state index < -0.39 is 30.5 Å². The van der Waals surface area contributed by atoms with E-state index in [1.807, 2.05) is 0 Å². The third-order valence-electron chi connectivity index (χ3n) is 5.81. The van der Waals surface area contributed by atoms with Crippen LogP contribution >= 0.6 is 0 Å². The van der Waals surface area contributed by atoms with Crippen molar-refractivity contribution in [2.75, 3.05) is 50.8 Å². The number of nitrogens with zero attached hydrogens (tertiary/aromatic N) is 2. The van der Waals surface area contributed by atoms with Crippen LogP contribution in [0.3, 0.4) is 0 Å². The number of amides is 3. The molecular formula is C21H24FN4O6+. The largest absolute Gasteiger partial charge is 0.472 e. The molecule has 2 aliphatic heterocycles. The third-order valence-corrected chi connectivity index (χ3v) is 5.81. The van der Waals surface area contributed by atoms with Crippen LogP contribution < -0.4 is 20.0 Å². The molecule has 0 unspecified atom stereocenters. The zero-order valence-corrected chi connectivity index (χ0v) is 17.3. The van der Waals surface area contributed by atoms with Crippen molar-refractivity contribution >= 4 is 29.3 Å². The number of furan rings is 1. The standard InChI is InChI=1S/C21H23FN4O6/c22-17-9-15(1-2-18(17)26(19(28)12-27)6-4-23-5-7-26)25-11-16(32-21(25)30)10-24-20(29)14-3-8-31-13-14/h1-3,8-9,13,16,23,27H,4-7,10-12H2/p+1/t16-/m0/s1. The number of nitrogens with one attached hydrogen (secondary N) is 2. The van der Waals surface area contributed by atoms with Crippen molar-refractivity contribution in [3.63, 3.8) is 0 Å². The average molecular weight is 447 g/mol. The van der Waals surface area contributed by atoms with Crippen LogP contribution in [0.25, 0.3) is 0 Å². The minimum atomic E-state index is -0.689. The van der Waals surface area contributed by atoms with Gasteiger partial charge in [-0.25, -0.2) is 18.5 Å². The lowest BCUT2D eigenvalue weighted by Crippen LogP contribution is -2.64. The smallest absolute Gasteiger partial charge is 0.414 e. The molecule has 2 aromatic rings. The molecule has 0 spiro atoms. The molecule has 10 nitrogen and oxygen atoms in total. The number of aliphatic hydroxyl groups excluding tert-OH is 1. The number of halogens is 1. The van der Waals surface area contributed by atoms with Gasteiger partial charge in [0.15, 0.2) is 18.1 Å². The molecule has 3 N–H and O–H groups in total. The molecule has 1 aromatic carbocycles. The number of piperazine rings is 1. The first-order valence-corrected chi connectivity index (χ1v) is 10.3. The van der Waals surface area contributed by atoms with Gasteiger partial charge < -0.3 is 24.9 Å². The Bertz CT molecular complexity index is 1010. The van der Waals surface area contributed by atoms with E-state index in [1.165, 1.54) is 35.6 Å². The number of aliphatic hydroxyl groups is 1. The fourth-order valence-electron chi connectivity index (χ4n) is 4.09. The lowest BCUT2D eigenvalue weighted by molar-refractivity contribution is -0.134. The molecular weight excluding hydrogens is 423 g/mol. The molecule has 2 aliphatic rings. The lowest BCUT2D eigenvalue weighted by atomic mass is 10.1. The second kappa shape index (κ2) is 9.07. The predicted octanol–water partition coefficient (Wildman–Crippen LogP) is 0.603. The van der Waals surface area contributed by atoms with Crippen LogP contribution in [0.5, 0.6) is 0 Å². The number of benzene rings is 1. The fourth-order valence-corrected chi connectivity index (χ4v) is 4.09. The fraction of sp³-hybridized carbons (Fsp3) is 0.381. The predicted molar refractivity (Wildman–Crippen MR) is 112 cm³/mol. The first-order valence-electron chi connectivity index (χ1n) is 10.3. The summed E-state index contributed by atoms with van der Waals surface area (Å²) in [4.78, 5) is 38.1. The van der Waals surface area contributed by atoms with E-state index >= 15 is 4.39 Å². The van der Waals surface area contributed by atoms with Crippen LogP contribution in [0.15, 0.2) is 41.2 Å². The summed E-state index contributed by atoms with van der Waals surface area (Å²) in [6.07, 6.45) is 1.42. The van der Waals surface area contributed by atoms with Crippen molar-refractivity contribution in [2.45, 2.75) is 6.10 Å². The minimum absolute atomic E-state index is 0.0881. The van der Waals surface area contributed by atoms with Gasteiger partial charge in [-0.05, 0) is 12.1 Å². The monoisotopic (exact) mass is 447 g/mol. The number of anilines is 1. The van der Waals surface area contributed by atoms with Gasteiger partial charge in [-0.15, -0.1) is 0 Å². The van der Waals surface area contributed by atoms with E-state index in [-0.39, 0.29) is 34.9 Å². The van der Waals surface area contributed by atoms with Gasteiger partial charge in [-0.3, -0.25) is 9.69 Å². The Labute approximate surface area is 183 Å². The maximum Gasteiger partial charge on any atom is 0.414 e. The summed E-state index contributed by atoms with van der Waals surface area (Å²) in [6.45, 7) is 1.19. The van der Waals surface area contributed by atoms with E-state index in [4.69, 9.17) is 9.15 Å². The number of cyclic esters (lactones) is 1. The SMILES string of the molecule is O=C(NC[C@H]1CN(c2ccc([N+]3(C(=O)CO)CCNCC3)c(F)c2)C(=O)O1)c1ccoc1. The minimum Gasteiger partial charge on any atom is -0.472 e. The number of hydrogen-bond acceptors (Lipinski definition) is 7. The van der Waals surface area contributed by atoms with Crippen molar-refractivity contribution in [1.29, 1.82) is 0 Å². The van der Waals surface area contributed by atoms with Gasteiger partial charge >= 0.3 is 12.0 Å². The zero-order valence-electron chi connectivity index (χ0n) is 17.3.